The average Bonchev–Trinajstić information content (AvgIpc) is 2.33. The summed E-state index contributed by atoms with van der Waals surface area (Å²) >= 11 is 0. The summed E-state index contributed by atoms with van der Waals surface area (Å²) in [5.74, 6) is 0.130. The van der Waals surface area contributed by atoms with Crippen molar-refractivity contribution in [1.82, 2.24) is 0 Å². The van der Waals surface area contributed by atoms with Gasteiger partial charge in [-0.25, -0.2) is 8.42 Å². The number of anilines is 1. The SMILES string of the molecule is O=S(=O)(Nc1ccc(O)cc1)C1CCCCC1. The summed E-state index contributed by atoms with van der Waals surface area (Å²) in [7, 11) is -3.28. The fourth-order valence-corrected chi connectivity index (χ4v) is 3.74. The van der Waals surface area contributed by atoms with E-state index in [0.29, 0.717) is 5.69 Å². The number of hydrogen-bond donors (Lipinski definition) is 2. The molecule has 0 bridgehead atoms. The molecule has 0 spiro atoms. The number of benzene rings is 1. The molecule has 1 aliphatic rings. The highest BCUT2D eigenvalue weighted by atomic mass is 32.2. The predicted octanol–water partition coefficient (Wildman–Crippen LogP) is 2.47. The molecule has 1 aromatic carbocycles. The molecule has 0 saturated heterocycles. The van der Waals surface area contributed by atoms with Crippen LogP contribution in [-0.2, 0) is 10.0 Å². The van der Waals surface area contributed by atoms with Gasteiger partial charge in [0.05, 0.1) is 5.25 Å². The molecule has 94 valence electrons. The van der Waals surface area contributed by atoms with E-state index in [2.05, 4.69) is 4.72 Å². The first-order chi connectivity index (χ1) is 8.08. The Morgan fingerprint density at radius 3 is 2.24 bits per heavy atom. The molecule has 0 atom stereocenters. The molecule has 5 heteroatoms. The minimum atomic E-state index is -3.28. The zero-order valence-corrected chi connectivity index (χ0v) is 10.4. The Kier molecular flexibility index (Phi) is 3.57. The van der Waals surface area contributed by atoms with E-state index in [-0.39, 0.29) is 11.0 Å². The first-order valence-electron chi connectivity index (χ1n) is 5.88. The lowest BCUT2D eigenvalue weighted by Gasteiger charge is -2.22. The van der Waals surface area contributed by atoms with Gasteiger partial charge in [-0.05, 0) is 37.1 Å². The second-order valence-corrected chi connectivity index (χ2v) is 6.41. The van der Waals surface area contributed by atoms with Crippen molar-refractivity contribution in [2.75, 3.05) is 4.72 Å². The van der Waals surface area contributed by atoms with Crippen molar-refractivity contribution in [3.8, 4) is 5.75 Å². The van der Waals surface area contributed by atoms with Gasteiger partial charge in [0.15, 0.2) is 0 Å². The fraction of sp³-hybridized carbons (Fsp3) is 0.500. The summed E-state index contributed by atoms with van der Waals surface area (Å²) in [5.41, 5.74) is 0.508. The second kappa shape index (κ2) is 4.96. The van der Waals surface area contributed by atoms with Gasteiger partial charge < -0.3 is 5.11 Å². The Labute approximate surface area is 102 Å². The zero-order valence-electron chi connectivity index (χ0n) is 9.59. The first kappa shape index (κ1) is 12.2. The summed E-state index contributed by atoms with van der Waals surface area (Å²) < 4.78 is 26.7. The highest BCUT2D eigenvalue weighted by molar-refractivity contribution is 7.93. The summed E-state index contributed by atoms with van der Waals surface area (Å²) in [4.78, 5) is 0. The minimum Gasteiger partial charge on any atom is -0.508 e. The Bertz CT molecular complexity index is 461. The molecular formula is C12H17NO3S. The zero-order chi connectivity index (χ0) is 12.3. The average molecular weight is 255 g/mol. The van der Waals surface area contributed by atoms with Crippen LogP contribution in [0.4, 0.5) is 5.69 Å². The number of phenols is 1. The largest absolute Gasteiger partial charge is 0.508 e. The molecule has 1 aromatic rings. The van der Waals surface area contributed by atoms with Crippen molar-refractivity contribution in [2.24, 2.45) is 0 Å². The van der Waals surface area contributed by atoms with Crippen molar-refractivity contribution in [1.29, 1.82) is 0 Å². The van der Waals surface area contributed by atoms with E-state index in [0.717, 1.165) is 32.1 Å². The Balaban J connectivity index is 2.08. The number of phenolic OH excluding ortho intramolecular Hbond substituents is 1. The van der Waals surface area contributed by atoms with Gasteiger partial charge in [-0.3, -0.25) is 4.72 Å². The minimum absolute atomic E-state index is 0.130. The molecule has 0 heterocycles. The van der Waals surface area contributed by atoms with Crippen LogP contribution < -0.4 is 4.72 Å². The van der Waals surface area contributed by atoms with Gasteiger partial charge in [0, 0.05) is 5.69 Å². The Morgan fingerprint density at radius 2 is 1.65 bits per heavy atom. The maximum absolute atomic E-state index is 12.1. The molecule has 4 nitrogen and oxygen atoms in total. The van der Waals surface area contributed by atoms with Gasteiger partial charge in [-0.2, -0.15) is 0 Å². The Hall–Kier alpha value is -1.23. The summed E-state index contributed by atoms with van der Waals surface area (Å²) in [6.45, 7) is 0. The topological polar surface area (TPSA) is 66.4 Å². The van der Waals surface area contributed by atoms with Crippen LogP contribution >= 0.6 is 0 Å². The molecule has 0 radical (unpaired) electrons. The number of aromatic hydroxyl groups is 1. The van der Waals surface area contributed by atoms with Gasteiger partial charge in [0.25, 0.3) is 0 Å². The van der Waals surface area contributed by atoms with E-state index in [4.69, 9.17) is 5.11 Å². The third kappa shape index (κ3) is 3.12. The quantitative estimate of drug-likeness (QED) is 0.815. The van der Waals surface area contributed by atoms with Crippen molar-refractivity contribution < 1.29 is 13.5 Å². The van der Waals surface area contributed by atoms with E-state index in [1.54, 1.807) is 12.1 Å². The van der Waals surface area contributed by atoms with Crippen LogP contribution in [0.15, 0.2) is 24.3 Å². The highest BCUT2D eigenvalue weighted by Gasteiger charge is 2.26. The van der Waals surface area contributed by atoms with Crippen LogP contribution in [0.2, 0.25) is 0 Å². The van der Waals surface area contributed by atoms with Crippen LogP contribution in [0.3, 0.4) is 0 Å². The van der Waals surface area contributed by atoms with Gasteiger partial charge in [-0.15, -0.1) is 0 Å². The van der Waals surface area contributed by atoms with Crippen molar-refractivity contribution in [3.63, 3.8) is 0 Å². The van der Waals surface area contributed by atoms with Crippen molar-refractivity contribution >= 4 is 15.7 Å². The maximum atomic E-state index is 12.1. The lowest BCUT2D eigenvalue weighted by Crippen LogP contribution is -2.29. The van der Waals surface area contributed by atoms with E-state index in [9.17, 15) is 8.42 Å². The third-order valence-corrected chi connectivity index (χ3v) is 4.99. The number of hydrogen-bond acceptors (Lipinski definition) is 3. The second-order valence-electron chi connectivity index (χ2n) is 4.45. The molecule has 0 aliphatic heterocycles. The summed E-state index contributed by atoms with van der Waals surface area (Å²) in [5, 5.41) is 8.85. The van der Waals surface area contributed by atoms with E-state index in [1.807, 2.05) is 0 Å². The van der Waals surface area contributed by atoms with Crippen molar-refractivity contribution in [2.45, 2.75) is 37.4 Å². The van der Waals surface area contributed by atoms with Gasteiger partial charge in [0.1, 0.15) is 5.75 Å². The van der Waals surface area contributed by atoms with E-state index in [1.165, 1.54) is 12.1 Å². The number of rotatable bonds is 3. The van der Waals surface area contributed by atoms with E-state index < -0.39 is 10.0 Å². The molecule has 1 fully saturated rings. The van der Waals surface area contributed by atoms with Gasteiger partial charge >= 0.3 is 0 Å². The molecule has 1 saturated carbocycles. The maximum Gasteiger partial charge on any atom is 0.235 e. The molecule has 0 aromatic heterocycles. The summed E-state index contributed by atoms with van der Waals surface area (Å²) in [6.07, 6.45) is 4.59. The van der Waals surface area contributed by atoms with E-state index >= 15 is 0 Å². The normalized spacial score (nSPS) is 17.9. The van der Waals surface area contributed by atoms with Crippen LogP contribution in [0.25, 0.3) is 0 Å². The lowest BCUT2D eigenvalue weighted by atomic mass is 10.0. The standard InChI is InChI=1S/C12H17NO3S/c14-11-8-6-10(7-9-11)13-17(15,16)12-4-2-1-3-5-12/h6-9,12-14H,1-5H2. The van der Waals surface area contributed by atoms with Gasteiger partial charge in [0.2, 0.25) is 10.0 Å². The van der Waals surface area contributed by atoms with Crippen LogP contribution in [0, 0.1) is 0 Å². The first-order valence-corrected chi connectivity index (χ1v) is 7.43. The monoisotopic (exact) mass is 255 g/mol. The fourth-order valence-electron chi connectivity index (χ4n) is 2.15. The molecule has 2 N–H and O–H groups in total. The smallest absolute Gasteiger partial charge is 0.235 e. The molecular weight excluding hydrogens is 238 g/mol. The van der Waals surface area contributed by atoms with Crippen LogP contribution in [-0.4, -0.2) is 18.8 Å². The van der Waals surface area contributed by atoms with Crippen LogP contribution in [0.1, 0.15) is 32.1 Å². The number of sulfonamides is 1. The molecule has 0 amide bonds. The summed E-state index contributed by atoms with van der Waals surface area (Å²) in [6, 6.07) is 6.07. The van der Waals surface area contributed by atoms with Crippen molar-refractivity contribution in [3.05, 3.63) is 24.3 Å². The molecule has 17 heavy (non-hydrogen) atoms. The molecule has 0 unspecified atom stereocenters. The molecule has 2 rings (SSSR count). The lowest BCUT2D eigenvalue weighted by molar-refractivity contribution is 0.475. The molecule has 1 aliphatic carbocycles. The third-order valence-electron chi connectivity index (χ3n) is 3.12. The predicted molar refractivity (Wildman–Crippen MR) is 67.5 cm³/mol. The number of nitrogens with one attached hydrogen (secondary N) is 1. The Morgan fingerprint density at radius 1 is 1.06 bits per heavy atom. The highest BCUT2D eigenvalue weighted by Crippen LogP contribution is 2.25. The van der Waals surface area contributed by atoms with Crippen LogP contribution in [0.5, 0.6) is 5.75 Å². The van der Waals surface area contributed by atoms with Gasteiger partial charge in [-0.1, -0.05) is 19.3 Å².